The largest absolute Gasteiger partial charge is 0.379 e. The van der Waals surface area contributed by atoms with Gasteiger partial charge in [-0.15, -0.1) is 0 Å². The molecular weight excluding hydrogens is 336 g/mol. The van der Waals surface area contributed by atoms with E-state index in [4.69, 9.17) is 9.47 Å². The van der Waals surface area contributed by atoms with Crippen molar-refractivity contribution in [2.24, 2.45) is 0 Å². The molecule has 0 atom stereocenters. The second-order valence-electron chi connectivity index (χ2n) is 9.44. The zero-order valence-electron chi connectivity index (χ0n) is 18.9. The molecule has 0 saturated carbocycles. The van der Waals surface area contributed by atoms with Crippen molar-refractivity contribution in [2.45, 2.75) is 129 Å². The highest BCUT2D eigenvalue weighted by Crippen LogP contribution is 2.16. The molecule has 0 spiro atoms. The first kappa shape index (κ1) is 26.1. The first-order valence-corrected chi connectivity index (χ1v) is 15.3. The van der Waals surface area contributed by atoms with E-state index in [1.807, 2.05) is 0 Å². The average Bonchev–Trinajstić information content (AvgIpc) is 2.55. The van der Waals surface area contributed by atoms with E-state index in [0.717, 1.165) is 19.8 Å². The number of hydrogen-bond donors (Lipinski definition) is 0. The second-order valence-corrected chi connectivity index (χ2v) is 15.1. The van der Waals surface area contributed by atoms with Crippen molar-refractivity contribution in [1.82, 2.24) is 0 Å². The number of ether oxygens (including phenoxy) is 2. The highest BCUT2D eigenvalue weighted by atomic mass is 28.3. The minimum absolute atomic E-state index is 0.318. The Balaban J connectivity index is 3.03. The Kier molecular flexibility index (Phi) is 18.6. The zero-order chi connectivity index (χ0) is 19.5. The predicted molar refractivity (Wildman–Crippen MR) is 120 cm³/mol. The molecule has 0 aliphatic heterocycles. The lowest BCUT2D eigenvalue weighted by Gasteiger charge is -2.14. The van der Waals surface area contributed by atoms with Crippen molar-refractivity contribution in [2.75, 3.05) is 19.8 Å². The molecule has 0 unspecified atom stereocenters. The lowest BCUT2D eigenvalue weighted by Crippen LogP contribution is -2.18. The quantitative estimate of drug-likeness (QED) is 0.157. The molecule has 0 amide bonds. The summed E-state index contributed by atoms with van der Waals surface area (Å²) in [7, 11) is -0.784. The average molecular weight is 387 g/mol. The van der Waals surface area contributed by atoms with Gasteiger partial charge >= 0.3 is 0 Å². The van der Waals surface area contributed by atoms with Crippen molar-refractivity contribution in [3.8, 4) is 0 Å². The topological polar surface area (TPSA) is 18.5 Å². The fraction of sp³-hybridized carbons (Fsp3) is 1.00. The second kappa shape index (κ2) is 18.5. The van der Waals surface area contributed by atoms with Gasteiger partial charge in [-0.2, -0.15) is 0 Å². The molecule has 26 heavy (non-hydrogen) atoms. The third kappa shape index (κ3) is 24.1. The fourth-order valence-corrected chi connectivity index (χ4v) is 4.56. The monoisotopic (exact) mass is 386 g/mol. The molecule has 0 aromatic heterocycles. The molecule has 0 aliphatic carbocycles. The minimum Gasteiger partial charge on any atom is -0.379 e. The summed E-state index contributed by atoms with van der Waals surface area (Å²) < 4.78 is 11.0. The van der Waals surface area contributed by atoms with E-state index >= 15 is 0 Å². The van der Waals surface area contributed by atoms with E-state index in [2.05, 4.69) is 33.5 Å². The fourth-order valence-electron chi connectivity index (χ4n) is 3.25. The van der Waals surface area contributed by atoms with Crippen LogP contribution in [-0.2, 0) is 9.47 Å². The molecule has 0 rings (SSSR count). The zero-order valence-corrected chi connectivity index (χ0v) is 19.9. The van der Waals surface area contributed by atoms with Crippen molar-refractivity contribution < 1.29 is 9.47 Å². The van der Waals surface area contributed by atoms with Crippen LogP contribution in [0.3, 0.4) is 0 Å². The summed E-state index contributed by atoms with van der Waals surface area (Å²) >= 11 is 0. The van der Waals surface area contributed by atoms with Crippen LogP contribution in [-0.4, -0.2) is 34.0 Å². The standard InChI is InChI=1S/C23H50O2Si/c1-23(2)25-21-20-24-19-17-15-13-11-9-7-6-8-10-12-14-16-18-22-26(3,4)5/h23H,6-22H2,1-5H3. The molecule has 0 saturated heterocycles. The van der Waals surface area contributed by atoms with Crippen LogP contribution < -0.4 is 0 Å². The van der Waals surface area contributed by atoms with Crippen LogP contribution in [0.2, 0.25) is 25.7 Å². The van der Waals surface area contributed by atoms with Crippen molar-refractivity contribution in [3.05, 3.63) is 0 Å². The van der Waals surface area contributed by atoms with E-state index in [-0.39, 0.29) is 0 Å². The summed E-state index contributed by atoms with van der Waals surface area (Å²) in [4.78, 5) is 0. The SMILES string of the molecule is CC(C)OCCOCCCCCCCCCCCCCCC[Si](C)(C)C. The molecule has 158 valence electrons. The van der Waals surface area contributed by atoms with Crippen LogP contribution in [0.15, 0.2) is 0 Å². The molecule has 3 heteroatoms. The van der Waals surface area contributed by atoms with Crippen LogP contribution in [0.25, 0.3) is 0 Å². The van der Waals surface area contributed by atoms with Gasteiger partial charge < -0.3 is 9.47 Å². The first-order chi connectivity index (χ1) is 12.4. The molecule has 0 heterocycles. The Morgan fingerprint density at radius 1 is 0.538 bits per heavy atom. The van der Waals surface area contributed by atoms with E-state index in [1.165, 1.54) is 89.5 Å². The van der Waals surface area contributed by atoms with Gasteiger partial charge in [-0.3, -0.25) is 0 Å². The van der Waals surface area contributed by atoms with Gasteiger partial charge in [0.15, 0.2) is 0 Å². The maximum atomic E-state index is 5.58. The number of unbranched alkanes of at least 4 members (excludes halogenated alkanes) is 12. The molecule has 2 nitrogen and oxygen atoms in total. The minimum atomic E-state index is -0.784. The maximum absolute atomic E-state index is 5.58. The Morgan fingerprint density at radius 3 is 1.38 bits per heavy atom. The maximum Gasteiger partial charge on any atom is 0.0703 e. The van der Waals surface area contributed by atoms with E-state index in [9.17, 15) is 0 Å². The molecule has 0 N–H and O–H groups in total. The molecule has 0 aliphatic rings. The summed E-state index contributed by atoms with van der Waals surface area (Å²) in [6.45, 7) is 14.0. The van der Waals surface area contributed by atoms with Crippen LogP contribution in [0, 0.1) is 0 Å². The molecule has 0 fully saturated rings. The summed E-state index contributed by atoms with van der Waals surface area (Å²) in [5, 5.41) is 0. The number of hydrogen-bond acceptors (Lipinski definition) is 2. The Morgan fingerprint density at radius 2 is 0.962 bits per heavy atom. The van der Waals surface area contributed by atoms with Crippen LogP contribution in [0.5, 0.6) is 0 Å². The summed E-state index contributed by atoms with van der Waals surface area (Å²) in [6.07, 6.45) is 18.8. The van der Waals surface area contributed by atoms with Crippen molar-refractivity contribution >= 4 is 8.07 Å². The normalized spacial score (nSPS) is 12.2. The van der Waals surface area contributed by atoms with Crippen molar-refractivity contribution in [1.29, 1.82) is 0 Å². The van der Waals surface area contributed by atoms with Gasteiger partial charge in [0.05, 0.1) is 19.3 Å². The van der Waals surface area contributed by atoms with E-state index in [0.29, 0.717) is 6.10 Å². The Labute approximate surface area is 166 Å². The van der Waals surface area contributed by atoms with Crippen LogP contribution in [0.4, 0.5) is 0 Å². The lowest BCUT2D eigenvalue weighted by molar-refractivity contribution is 0.0186. The number of rotatable bonds is 20. The molecule has 0 bridgehead atoms. The predicted octanol–water partition coefficient (Wildman–Crippen LogP) is 7.84. The highest BCUT2D eigenvalue weighted by molar-refractivity contribution is 6.76. The third-order valence-corrected chi connectivity index (χ3v) is 6.75. The summed E-state index contributed by atoms with van der Waals surface area (Å²) in [5.74, 6) is 0. The molecule has 0 aromatic carbocycles. The van der Waals surface area contributed by atoms with Gasteiger partial charge in [0.25, 0.3) is 0 Å². The third-order valence-electron chi connectivity index (χ3n) is 4.89. The summed E-state index contributed by atoms with van der Waals surface area (Å²) in [5.41, 5.74) is 0. The van der Waals surface area contributed by atoms with Gasteiger partial charge in [0, 0.05) is 14.7 Å². The molecular formula is C23H50O2Si. The van der Waals surface area contributed by atoms with Gasteiger partial charge in [-0.25, -0.2) is 0 Å². The highest BCUT2D eigenvalue weighted by Gasteiger charge is 2.11. The smallest absolute Gasteiger partial charge is 0.0703 e. The molecule has 0 aromatic rings. The van der Waals surface area contributed by atoms with Gasteiger partial charge in [-0.1, -0.05) is 103 Å². The molecule has 0 radical (unpaired) electrons. The lowest BCUT2D eigenvalue weighted by atomic mass is 10.0. The van der Waals surface area contributed by atoms with Crippen LogP contribution in [0.1, 0.15) is 97.3 Å². The van der Waals surface area contributed by atoms with Gasteiger partial charge in [0.2, 0.25) is 0 Å². The van der Waals surface area contributed by atoms with Gasteiger partial charge in [-0.05, 0) is 20.3 Å². The summed E-state index contributed by atoms with van der Waals surface area (Å²) in [6, 6.07) is 1.52. The van der Waals surface area contributed by atoms with Gasteiger partial charge in [0.1, 0.15) is 0 Å². The van der Waals surface area contributed by atoms with E-state index < -0.39 is 8.07 Å². The first-order valence-electron chi connectivity index (χ1n) is 11.6. The Hall–Kier alpha value is 0.137. The Bertz CT molecular complexity index is 274. The van der Waals surface area contributed by atoms with Crippen molar-refractivity contribution in [3.63, 3.8) is 0 Å². The van der Waals surface area contributed by atoms with Crippen LogP contribution >= 0.6 is 0 Å². The van der Waals surface area contributed by atoms with E-state index in [1.54, 1.807) is 0 Å².